The van der Waals surface area contributed by atoms with Gasteiger partial charge < -0.3 is 9.47 Å². The van der Waals surface area contributed by atoms with Crippen molar-refractivity contribution in [1.29, 1.82) is 5.26 Å². The number of esters is 1. The summed E-state index contributed by atoms with van der Waals surface area (Å²) >= 11 is 0. The van der Waals surface area contributed by atoms with Crippen molar-refractivity contribution in [1.82, 2.24) is 0 Å². The zero-order valence-electron chi connectivity index (χ0n) is 6.95. The standard InChI is InChI=1S/C8H11NO3/c1-2-11-6-3-7-12-8(10)4-5-9/h3,6H,2,4,7H2,1H3. The quantitative estimate of drug-likeness (QED) is 0.455. The second kappa shape index (κ2) is 7.61. The first kappa shape index (κ1) is 10.5. The summed E-state index contributed by atoms with van der Waals surface area (Å²) in [5.41, 5.74) is 0. The topological polar surface area (TPSA) is 59.3 Å². The number of carbonyl (C=O) groups excluding carboxylic acids is 1. The Balaban J connectivity index is 3.31. The highest BCUT2D eigenvalue weighted by Gasteiger charge is 1.97. The SMILES string of the molecule is CCOC=CCOC(=O)CC#N. The second-order valence-electron chi connectivity index (χ2n) is 1.85. The van der Waals surface area contributed by atoms with E-state index < -0.39 is 5.97 Å². The molecule has 4 nitrogen and oxygen atoms in total. The van der Waals surface area contributed by atoms with Gasteiger partial charge in [-0.25, -0.2) is 0 Å². The zero-order valence-corrected chi connectivity index (χ0v) is 6.95. The molecule has 4 heteroatoms. The summed E-state index contributed by atoms with van der Waals surface area (Å²) in [6.45, 7) is 2.59. The summed E-state index contributed by atoms with van der Waals surface area (Å²) in [4.78, 5) is 10.6. The highest BCUT2D eigenvalue weighted by Crippen LogP contribution is 1.85. The fraction of sp³-hybridized carbons (Fsp3) is 0.500. The molecule has 66 valence electrons. The van der Waals surface area contributed by atoms with Gasteiger partial charge >= 0.3 is 5.97 Å². The third-order valence-electron chi connectivity index (χ3n) is 0.923. The molecule has 0 spiro atoms. The lowest BCUT2D eigenvalue weighted by atomic mass is 10.5. The summed E-state index contributed by atoms with van der Waals surface area (Å²) in [5, 5.41) is 8.08. The predicted molar refractivity (Wildman–Crippen MR) is 42.0 cm³/mol. The molecule has 0 aromatic rings. The molecule has 0 bridgehead atoms. The van der Waals surface area contributed by atoms with Gasteiger partial charge in [0.1, 0.15) is 13.0 Å². The maximum absolute atomic E-state index is 10.6. The van der Waals surface area contributed by atoms with Gasteiger partial charge in [-0.3, -0.25) is 4.79 Å². The molecule has 0 aliphatic rings. The van der Waals surface area contributed by atoms with Crippen molar-refractivity contribution in [2.45, 2.75) is 13.3 Å². The van der Waals surface area contributed by atoms with Crippen molar-refractivity contribution in [2.75, 3.05) is 13.2 Å². The predicted octanol–water partition coefficient (Wildman–Crippen LogP) is 0.993. The molecule has 0 amide bonds. The Morgan fingerprint density at radius 3 is 3.00 bits per heavy atom. The smallest absolute Gasteiger partial charge is 0.320 e. The largest absolute Gasteiger partial charge is 0.502 e. The van der Waals surface area contributed by atoms with Crippen LogP contribution in [0.1, 0.15) is 13.3 Å². The van der Waals surface area contributed by atoms with Crippen molar-refractivity contribution in [3.63, 3.8) is 0 Å². The number of hydrogen-bond acceptors (Lipinski definition) is 4. The molecule has 0 aromatic carbocycles. The van der Waals surface area contributed by atoms with Crippen LogP contribution in [0.3, 0.4) is 0 Å². The van der Waals surface area contributed by atoms with Crippen LogP contribution < -0.4 is 0 Å². The lowest BCUT2D eigenvalue weighted by Crippen LogP contribution is -2.02. The molecule has 0 aliphatic heterocycles. The van der Waals surface area contributed by atoms with Crippen LogP contribution in [0.2, 0.25) is 0 Å². The fourth-order valence-electron chi connectivity index (χ4n) is 0.460. The summed E-state index contributed by atoms with van der Waals surface area (Å²) < 4.78 is 9.44. The molecule has 0 N–H and O–H groups in total. The second-order valence-corrected chi connectivity index (χ2v) is 1.85. The highest BCUT2D eigenvalue weighted by molar-refractivity contribution is 5.71. The van der Waals surface area contributed by atoms with Crippen LogP contribution in [0.5, 0.6) is 0 Å². The van der Waals surface area contributed by atoms with Crippen molar-refractivity contribution < 1.29 is 14.3 Å². The average molecular weight is 169 g/mol. The number of carbonyl (C=O) groups is 1. The third-order valence-corrected chi connectivity index (χ3v) is 0.923. The van der Waals surface area contributed by atoms with Gasteiger partial charge in [0.05, 0.1) is 18.9 Å². The number of hydrogen-bond donors (Lipinski definition) is 0. The number of ether oxygens (including phenoxy) is 2. The van der Waals surface area contributed by atoms with Crippen LogP contribution in [0.15, 0.2) is 12.3 Å². The summed E-state index contributed by atoms with van der Waals surface area (Å²) in [7, 11) is 0. The minimum Gasteiger partial charge on any atom is -0.502 e. The summed E-state index contributed by atoms with van der Waals surface area (Å²) in [5.74, 6) is -0.515. The maximum Gasteiger partial charge on any atom is 0.320 e. The zero-order chi connectivity index (χ0) is 9.23. The van der Waals surface area contributed by atoms with Gasteiger partial charge in [0.15, 0.2) is 0 Å². The van der Waals surface area contributed by atoms with E-state index in [9.17, 15) is 4.79 Å². The van der Waals surface area contributed by atoms with Gasteiger partial charge in [0.25, 0.3) is 0 Å². The van der Waals surface area contributed by atoms with Crippen LogP contribution in [0.4, 0.5) is 0 Å². The fourth-order valence-corrected chi connectivity index (χ4v) is 0.460. The molecule has 0 aromatic heterocycles. The minimum atomic E-state index is -0.515. The molecular formula is C8H11NO3. The van der Waals surface area contributed by atoms with Gasteiger partial charge in [-0.1, -0.05) is 0 Å². The Labute approximate surface area is 71.4 Å². The first-order valence-electron chi connectivity index (χ1n) is 3.60. The number of nitrogens with zero attached hydrogens (tertiary/aromatic N) is 1. The van der Waals surface area contributed by atoms with E-state index in [1.807, 2.05) is 6.92 Å². The van der Waals surface area contributed by atoms with E-state index in [-0.39, 0.29) is 13.0 Å². The van der Waals surface area contributed by atoms with Crippen molar-refractivity contribution in [3.8, 4) is 6.07 Å². The molecule has 0 unspecified atom stereocenters. The van der Waals surface area contributed by atoms with Crippen molar-refractivity contribution in [3.05, 3.63) is 12.3 Å². The van der Waals surface area contributed by atoms with Gasteiger partial charge in [-0.05, 0) is 13.0 Å². The van der Waals surface area contributed by atoms with Crippen LogP contribution in [-0.4, -0.2) is 19.2 Å². The highest BCUT2D eigenvalue weighted by atomic mass is 16.5. The maximum atomic E-state index is 10.6. The molecule has 0 radical (unpaired) electrons. The van der Waals surface area contributed by atoms with E-state index in [1.165, 1.54) is 6.26 Å². The van der Waals surface area contributed by atoms with Crippen LogP contribution >= 0.6 is 0 Å². The lowest BCUT2D eigenvalue weighted by Gasteiger charge is -1.96. The number of rotatable bonds is 5. The Hall–Kier alpha value is -1.50. The Bertz CT molecular complexity index is 193. The normalized spacial score (nSPS) is 9.33. The van der Waals surface area contributed by atoms with Crippen LogP contribution in [-0.2, 0) is 14.3 Å². The van der Waals surface area contributed by atoms with Gasteiger partial charge in [-0.15, -0.1) is 0 Å². The molecule has 0 saturated heterocycles. The lowest BCUT2D eigenvalue weighted by molar-refractivity contribution is -0.141. The number of nitriles is 1. The molecule has 0 fully saturated rings. The van der Waals surface area contributed by atoms with Crippen molar-refractivity contribution in [2.24, 2.45) is 0 Å². The van der Waals surface area contributed by atoms with Crippen LogP contribution in [0, 0.1) is 11.3 Å². The van der Waals surface area contributed by atoms with Gasteiger partial charge in [0, 0.05) is 0 Å². The first-order valence-corrected chi connectivity index (χ1v) is 3.60. The summed E-state index contributed by atoms with van der Waals surface area (Å²) in [6.07, 6.45) is 2.82. The van der Waals surface area contributed by atoms with Crippen molar-refractivity contribution >= 4 is 5.97 Å². The molecule has 0 atom stereocenters. The third kappa shape index (κ3) is 6.62. The molecular weight excluding hydrogens is 158 g/mol. The Morgan fingerprint density at radius 1 is 1.67 bits per heavy atom. The molecule has 12 heavy (non-hydrogen) atoms. The molecule has 0 aliphatic carbocycles. The van der Waals surface area contributed by atoms with E-state index in [4.69, 9.17) is 10.00 Å². The molecule has 0 rings (SSSR count). The Morgan fingerprint density at radius 2 is 2.42 bits per heavy atom. The molecule has 0 saturated carbocycles. The van der Waals surface area contributed by atoms with E-state index in [1.54, 1.807) is 12.1 Å². The molecule has 0 heterocycles. The van der Waals surface area contributed by atoms with Gasteiger partial charge in [-0.2, -0.15) is 5.26 Å². The Kier molecular flexibility index (Phi) is 6.65. The summed E-state index contributed by atoms with van der Waals surface area (Å²) in [6, 6.07) is 1.69. The van der Waals surface area contributed by atoms with Crippen LogP contribution in [0.25, 0.3) is 0 Å². The minimum absolute atomic E-state index is 0.153. The van der Waals surface area contributed by atoms with E-state index in [0.717, 1.165) is 0 Å². The van der Waals surface area contributed by atoms with Gasteiger partial charge in [0.2, 0.25) is 0 Å². The first-order chi connectivity index (χ1) is 5.81. The van der Waals surface area contributed by atoms with E-state index >= 15 is 0 Å². The van der Waals surface area contributed by atoms with E-state index in [2.05, 4.69) is 4.74 Å². The van der Waals surface area contributed by atoms with E-state index in [0.29, 0.717) is 6.61 Å². The average Bonchev–Trinajstić information content (AvgIpc) is 2.05. The monoisotopic (exact) mass is 169 g/mol.